The van der Waals surface area contributed by atoms with Crippen molar-refractivity contribution in [1.29, 1.82) is 0 Å². The van der Waals surface area contributed by atoms with Gasteiger partial charge >= 0.3 is 0 Å². The van der Waals surface area contributed by atoms with Crippen LogP contribution in [0.1, 0.15) is 19.3 Å². The molecule has 1 aliphatic rings. The maximum Gasteiger partial charge on any atom is 0.240 e. The molecule has 1 aromatic carbocycles. The summed E-state index contributed by atoms with van der Waals surface area (Å²) in [6.45, 7) is 1.75. The van der Waals surface area contributed by atoms with E-state index >= 15 is 0 Å². The third-order valence-electron chi connectivity index (χ3n) is 3.97. The SMILES string of the molecule is COc1ccc(S(=O)(=O)NCCC(=O)N[C@H]2CCCNC2)cc1OC. The Morgan fingerprint density at radius 1 is 1.28 bits per heavy atom. The summed E-state index contributed by atoms with van der Waals surface area (Å²) in [4.78, 5) is 12.0. The fourth-order valence-electron chi connectivity index (χ4n) is 2.64. The first-order valence-corrected chi connectivity index (χ1v) is 9.66. The van der Waals surface area contributed by atoms with Crippen molar-refractivity contribution in [2.75, 3.05) is 33.9 Å². The lowest BCUT2D eigenvalue weighted by molar-refractivity contribution is -0.121. The Kier molecular flexibility index (Phi) is 7.03. The molecule has 8 nitrogen and oxygen atoms in total. The van der Waals surface area contributed by atoms with Crippen molar-refractivity contribution in [2.45, 2.75) is 30.2 Å². The van der Waals surface area contributed by atoms with E-state index in [1.807, 2.05) is 0 Å². The van der Waals surface area contributed by atoms with E-state index in [1.54, 1.807) is 0 Å². The molecule has 140 valence electrons. The topological polar surface area (TPSA) is 106 Å². The molecule has 0 spiro atoms. The van der Waals surface area contributed by atoms with Crippen LogP contribution in [0.25, 0.3) is 0 Å². The number of rotatable bonds is 8. The van der Waals surface area contributed by atoms with Crippen LogP contribution in [0.3, 0.4) is 0 Å². The zero-order valence-corrected chi connectivity index (χ0v) is 15.3. The first-order valence-electron chi connectivity index (χ1n) is 8.18. The number of methoxy groups -OCH3 is 2. The fourth-order valence-corrected chi connectivity index (χ4v) is 3.69. The monoisotopic (exact) mass is 371 g/mol. The predicted molar refractivity (Wildman–Crippen MR) is 93.4 cm³/mol. The number of hydrogen-bond acceptors (Lipinski definition) is 6. The first-order chi connectivity index (χ1) is 12.0. The molecule has 3 N–H and O–H groups in total. The lowest BCUT2D eigenvalue weighted by Crippen LogP contribution is -2.46. The summed E-state index contributed by atoms with van der Waals surface area (Å²) in [5, 5.41) is 6.12. The van der Waals surface area contributed by atoms with Crippen molar-refractivity contribution in [1.82, 2.24) is 15.4 Å². The van der Waals surface area contributed by atoms with Crippen molar-refractivity contribution >= 4 is 15.9 Å². The Morgan fingerprint density at radius 2 is 2.04 bits per heavy atom. The molecule has 1 atom stereocenters. The highest BCUT2D eigenvalue weighted by molar-refractivity contribution is 7.89. The van der Waals surface area contributed by atoms with Gasteiger partial charge < -0.3 is 20.1 Å². The van der Waals surface area contributed by atoms with Gasteiger partial charge in [-0.15, -0.1) is 0 Å². The third-order valence-corrected chi connectivity index (χ3v) is 5.43. The van der Waals surface area contributed by atoms with Crippen molar-refractivity contribution < 1.29 is 22.7 Å². The number of carbonyl (C=O) groups is 1. The second-order valence-electron chi connectivity index (χ2n) is 5.78. The Morgan fingerprint density at radius 3 is 2.68 bits per heavy atom. The molecule has 1 heterocycles. The molecule has 0 aliphatic carbocycles. The van der Waals surface area contributed by atoms with Gasteiger partial charge in [-0.2, -0.15) is 0 Å². The quantitative estimate of drug-likeness (QED) is 0.605. The Labute approximate surface area is 148 Å². The number of benzene rings is 1. The van der Waals surface area contributed by atoms with Gasteiger partial charge in [-0.05, 0) is 31.5 Å². The molecule has 1 aromatic rings. The molecular weight excluding hydrogens is 346 g/mol. The minimum atomic E-state index is -3.72. The van der Waals surface area contributed by atoms with Gasteiger partial charge in [0, 0.05) is 31.6 Å². The van der Waals surface area contributed by atoms with Gasteiger partial charge in [0.2, 0.25) is 15.9 Å². The number of piperidine rings is 1. The Bertz CT molecular complexity index is 687. The van der Waals surface area contributed by atoms with E-state index in [-0.39, 0.29) is 29.8 Å². The van der Waals surface area contributed by atoms with Gasteiger partial charge in [0.25, 0.3) is 0 Å². The number of carbonyl (C=O) groups excluding carboxylic acids is 1. The first kappa shape index (κ1) is 19.5. The van der Waals surface area contributed by atoms with Crippen molar-refractivity contribution in [2.24, 2.45) is 0 Å². The van der Waals surface area contributed by atoms with Crippen LogP contribution in [0.4, 0.5) is 0 Å². The maximum atomic E-state index is 12.3. The minimum absolute atomic E-state index is 0.0304. The van der Waals surface area contributed by atoms with Crippen LogP contribution in [0.5, 0.6) is 11.5 Å². The molecule has 1 fully saturated rings. The lowest BCUT2D eigenvalue weighted by Gasteiger charge is -2.23. The molecular formula is C16H25N3O5S. The average molecular weight is 371 g/mol. The van der Waals surface area contributed by atoms with Crippen LogP contribution in [0.2, 0.25) is 0 Å². The molecule has 0 aromatic heterocycles. The molecule has 0 saturated carbocycles. The van der Waals surface area contributed by atoms with Crippen molar-refractivity contribution in [3.8, 4) is 11.5 Å². The zero-order valence-electron chi connectivity index (χ0n) is 14.5. The van der Waals surface area contributed by atoms with E-state index in [2.05, 4.69) is 15.4 Å². The summed E-state index contributed by atoms with van der Waals surface area (Å²) >= 11 is 0. The maximum absolute atomic E-state index is 12.3. The van der Waals surface area contributed by atoms with Crippen molar-refractivity contribution in [3.63, 3.8) is 0 Å². The Balaban J connectivity index is 1.87. The zero-order chi connectivity index (χ0) is 18.3. The second-order valence-corrected chi connectivity index (χ2v) is 7.54. The van der Waals surface area contributed by atoms with E-state index in [9.17, 15) is 13.2 Å². The van der Waals surface area contributed by atoms with Crippen LogP contribution in [-0.4, -0.2) is 54.2 Å². The molecule has 1 amide bonds. The molecule has 0 bridgehead atoms. The van der Waals surface area contributed by atoms with Crippen molar-refractivity contribution in [3.05, 3.63) is 18.2 Å². The summed E-state index contributed by atoms with van der Waals surface area (Å²) < 4.78 is 37.3. The summed E-state index contributed by atoms with van der Waals surface area (Å²) in [5.41, 5.74) is 0. The minimum Gasteiger partial charge on any atom is -0.493 e. The Hall–Kier alpha value is -1.84. The van der Waals surface area contributed by atoms with E-state index in [4.69, 9.17) is 9.47 Å². The largest absolute Gasteiger partial charge is 0.493 e. The smallest absolute Gasteiger partial charge is 0.240 e. The number of amides is 1. The number of nitrogens with one attached hydrogen (secondary N) is 3. The molecule has 1 aliphatic heterocycles. The number of hydrogen-bond donors (Lipinski definition) is 3. The van der Waals surface area contributed by atoms with Crippen LogP contribution in [0, 0.1) is 0 Å². The highest BCUT2D eigenvalue weighted by Crippen LogP contribution is 2.29. The van der Waals surface area contributed by atoms with Crippen LogP contribution in [-0.2, 0) is 14.8 Å². The van der Waals surface area contributed by atoms with Crippen LogP contribution in [0.15, 0.2) is 23.1 Å². The summed E-state index contributed by atoms with van der Waals surface area (Å²) in [7, 11) is -0.811. The van der Waals surface area contributed by atoms with Crippen LogP contribution < -0.4 is 24.8 Å². The van der Waals surface area contributed by atoms with Gasteiger partial charge in [-0.1, -0.05) is 0 Å². The summed E-state index contributed by atoms with van der Waals surface area (Å²) in [6.07, 6.45) is 2.05. The summed E-state index contributed by atoms with van der Waals surface area (Å²) in [5.74, 6) is 0.610. The van der Waals surface area contributed by atoms with Gasteiger partial charge in [-0.3, -0.25) is 4.79 Å². The van der Waals surface area contributed by atoms with Gasteiger partial charge in [0.15, 0.2) is 11.5 Å². The van der Waals surface area contributed by atoms with Crippen LogP contribution >= 0.6 is 0 Å². The third kappa shape index (κ3) is 5.58. The number of sulfonamides is 1. The fraction of sp³-hybridized carbons (Fsp3) is 0.562. The molecule has 2 rings (SSSR count). The lowest BCUT2D eigenvalue weighted by atomic mass is 10.1. The molecule has 1 saturated heterocycles. The highest BCUT2D eigenvalue weighted by Gasteiger charge is 2.18. The van der Waals surface area contributed by atoms with Gasteiger partial charge in [0.05, 0.1) is 19.1 Å². The van der Waals surface area contributed by atoms with Gasteiger partial charge in [-0.25, -0.2) is 13.1 Å². The molecule has 0 radical (unpaired) electrons. The number of ether oxygens (including phenoxy) is 2. The second kappa shape index (κ2) is 9.02. The van der Waals surface area contributed by atoms with E-state index < -0.39 is 10.0 Å². The predicted octanol–water partition coefficient (Wildman–Crippen LogP) is 0.240. The average Bonchev–Trinajstić information content (AvgIpc) is 2.61. The van der Waals surface area contributed by atoms with Gasteiger partial charge in [0.1, 0.15) is 0 Å². The molecule has 0 unspecified atom stereocenters. The molecule has 25 heavy (non-hydrogen) atoms. The van der Waals surface area contributed by atoms with E-state index in [0.717, 1.165) is 25.9 Å². The molecule has 9 heteroatoms. The van der Waals surface area contributed by atoms with E-state index in [0.29, 0.717) is 11.5 Å². The summed E-state index contributed by atoms with van der Waals surface area (Å²) in [6, 6.07) is 4.45. The normalized spacial score (nSPS) is 17.8. The highest BCUT2D eigenvalue weighted by atomic mass is 32.2. The standard InChI is InChI=1S/C16H25N3O5S/c1-23-14-6-5-13(10-15(14)24-2)25(21,22)18-9-7-16(20)19-12-4-3-8-17-11-12/h5-6,10,12,17-18H,3-4,7-9,11H2,1-2H3,(H,19,20)/t12-/m0/s1. The van der Waals surface area contributed by atoms with E-state index in [1.165, 1.54) is 32.4 Å².